The van der Waals surface area contributed by atoms with Gasteiger partial charge in [-0.2, -0.15) is 0 Å². The van der Waals surface area contributed by atoms with E-state index in [1.165, 1.54) is 12.5 Å². The summed E-state index contributed by atoms with van der Waals surface area (Å²) in [7, 11) is 0. The first-order chi connectivity index (χ1) is 20.6. The number of ether oxygens (including phenoxy) is 2. The molecular formula is C32H43NO11. The van der Waals surface area contributed by atoms with Gasteiger partial charge in [-0.1, -0.05) is 19.4 Å². The van der Waals surface area contributed by atoms with E-state index in [1.807, 2.05) is 13.0 Å². The van der Waals surface area contributed by atoms with E-state index in [0.717, 1.165) is 25.7 Å². The topological polar surface area (TPSA) is 190 Å². The first-order valence-electron chi connectivity index (χ1n) is 15.5. The van der Waals surface area contributed by atoms with Crippen LogP contribution in [0.4, 0.5) is 0 Å². The van der Waals surface area contributed by atoms with Crippen molar-refractivity contribution in [2.45, 2.75) is 109 Å². The van der Waals surface area contributed by atoms with Crippen molar-refractivity contribution in [1.82, 2.24) is 5.32 Å². The number of hydrogen-bond acceptors (Lipinski definition) is 9. The van der Waals surface area contributed by atoms with Gasteiger partial charge in [0.25, 0.3) is 0 Å². The van der Waals surface area contributed by atoms with Crippen LogP contribution in [0.1, 0.15) is 97.8 Å². The number of carbonyl (C=O) groups is 7. The van der Waals surface area contributed by atoms with E-state index < -0.39 is 78.5 Å². The highest BCUT2D eigenvalue weighted by atomic mass is 16.6. The number of carboxylic acids is 2. The quantitative estimate of drug-likeness (QED) is 0.273. The second kappa shape index (κ2) is 12.8. The SMILES string of the molecule is CC(=O)O[C@]1(C(=O)COC(=O)CCC(=O)N[C@H](CCC(=O)O)C(=O)O)CC[C@@H]2[C@@H]3CCC4=CC(=O)CC[C@]4(C)[C@@H]3CC[C@@]21C. The summed E-state index contributed by atoms with van der Waals surface area (Å²) >= 11 is 0. The fourth-order valence-corrected chi connectivity index (χ4v) is 8.83. The zero-order valence-corrected chi connectivity index (χ0v) is 25.6. The third-order valence-corrected chi connectivity index (χ3v) is 11.1. The third kappa shape index (κ3) is 6.30. The molecule has 0 unspecified atom stereocenters. The summed E-state index contributed by atoms with van der Waals surface area (Å²) in [4.78, 5) is 85.1. The molecule has 4 rings (SSSR count). The van der Waals surface area contributed by atoms with E-state index in [4.69, 9.17) is 14.6 Å². The van der Waals surface area contributed by atoms with Crippen molar-refractivity contribution in [2.75, 3.05) is 6.61 Å². The van der Waals surface area contributed by atoms with Crippen molar-refractivity contribution < 1.29 is 53.2 Å². The van der Waals surface area contributed by atoms with Gasteiger partial charge in [-0.05, 0) is 80.6 Å². The Balaban J connectivity index is 1.40. The highest BCUT2D eigenvalue weighted by Crippen LogP contribution is 2.68. The van der Waals surface area contributed by atoms with Crippen LogP contribution in [0.2, 0.25) is 0 Å². The lowest BCUT2D eigenvalue weighted by molar-refractivity contribution is -0.191. The number of carbonyl (C=O) groups excluding carboxylic acids is 5. The fourth-order valence-electron chi connectivity index (χ4n) is 8.83. The molecule has 242 valence electrons. The van der Waals surface area contributed by atoms with Gasteiger partial charge in [0.05, 0.1) is 6.42 Å². The molecule has 3 fully saturated rings. The molecule has 12 nitrogen and oxygen atoms in total. The normalized spacial score (nSPS) is 33.0. The van der Waals surface area contributed by atoms with Crippen LogP contribution in [0.5, 0.6) is 0 Å². The minimum Gasteiger partial charge on any atom is -0.481 e. The molecular weight excluding hydrogens is 574 g/mol. The zero-order chi connectivity index (χ0) is 32.4. The standard InChI is InChI=1S/C32H43NO11/c1-18(34)44-32(25(36)17-43-28(40)9-7-26(37)33-24(29(41)42)6-8-27(38)39)15-12-23-21-5-4-19-16-20(35)10-13-30(19,2)22(21)11-14-31(23,32)3/h16,21-24H,4-15,17H2,1-3H3,(H,33,37)(H,38,39)(H,41,42)/t21-,22-,23-,24-,30+,31+,32+/m1/s1. The highest BCUT2D eigenvalue weighted by molar-refractivity contribution is 5.94. The van der Waals surface area contributed by atoms with E-state index in [2.05, 4.69) is 12.2 Å². The maximum atomic E-state index is 13.8. The number of fused-ring (bicyclic) bond motifs is 5. The Bertz CT molecular complexity index is 1270. The Labute approximate surface area is 256 Å². The number of carboxylic acid groups (broad SMARTS) is 2. The molecule has 0 heterocycles. The van der Waals surface area contributed by atoms with Crippen molar-refractivity contribution in [3.05, 3.63) is 11.6 Å². The minimum absolute atomic E-state index is 0.0581. The summed E-state index contributed by atoms with van der Waals surface area (Å²) in [6.45, 7) is 4.91. The molecule has 0 aromatic rings. The average Bonchev–Trinajstić information content (AvgIpc) is 3.25. The monoisotopic (exact) mass is 617 g/mol. The van der Waals surface area contributed by atoms with Crippen molar-refractivity contribution >= 4 is 41.4 Å². The summed E-state index contributed by atoms with van der Waals surface area (Å²) in [5, 5.41) is 20.2. The van der Waals surface area contributed by atoms with Crippen LogP contribution in [0.15, 0.2) is 11.6 Å². The van der Waals surface area contributed by atoms with Crippen molar-refractivity contribution in [1.29, 1.82) is 0 Å². The van der Waals surface area contributed by atoms with Crippen LogP contribution < -0.4 is 5.32 Å². The molecule has 1 amide bonds. The molecule has 12 heteroatoms. The molecule has 0 spiro atoms. The van der Waals surface area contributed by atoms with Gasteiger partial charge >= 0.3 is 23.9 Å². The molecule has 0 bridgehead atoms. The van der Waals surface area contributed by atoms with Gasteiger partial charge in [-0.3, -0.25) is 28.8 Å². The van der Waals surface area contributed by atoms with E-state index in [0.29, 0.717) is 37.5 Å². The second-order valence-electron chi connectivity index (χ2n) is 13.4. The number of rotatable bonds is 12. The van der Waals surface area contributed by atoms with Gasteiger partial charge in [-0.15, -0.1) is 0 Å². The number of esters is 2. The van der Waals surface area contributed by atoms with E-state index in [-0.39, 0.29) is 23.5 Å². The lowest BCUT2D eigenvalue weighted by Gasteiger charge is -2.59. The Hall–Kier alpha value is -3.57. The van der Waals surface area contributed by atoms with Gasteiger partial charge in [0, 0.05) is 31.6 Å². The van der Waals surface area contributed by atoms with E-state index >= 15 is 0 Å². The molecule has 0 aliphatic heterocycles. The van der Waals surface area contributed by atoms with Crippen LogP contribution in [-0.2, 0) is 43.0 Å². The summed E-state index contributed by atoms with van der Waals surface area (Å²) in [5.74, 6) is -4.34. The number of ketones is 2. The van der Waals surface area contributed by atoms with E-state index in [1.54, 1.807) is 0 Å². The lowest BCUT2D eigenvalue weighted by atomic mass is 9.46. The third-order valence-electron chi connectivity index (χ3n) is 11.1. The Morgan fingerprint density at radius 2 is 1.66 bits per heavy atom. The molecule has 0 aromatic carbocycles. The molecule has 0 aromatic heterocycles. The largest absolute Gasteiger partial charge is 0.481 e. The minimum atomic E-state index is -1.45. The molecule has 0 radical (unpaired) electrons. The molecule has 4 aliphatic carbocycles. The molecule has 7 atom stereocenters. The Morgan fingerprint density at radius 1 is 0.955 bits per heavy atom. The maximum Gasteiger partial charge on any atom is 0.326 e. The smallest absolute Gasteiger partial charge is 0.326 e. The van der Waals surface area contributed by atoms with E-state index in [9.17, 15) is 38.7 Å². The summed E-state index contributed by atoms with van der Waals surface area (Å²) < 4.78 is 11.1. The summed E-state index contributed by atoms with van der Waals surface area (Å²) in [5.41, 5.74) is -0.937. The molecule has 44 heavy (non-hydrogen) atoms. The number of nitrogens with one attached hydrogen (secondary N) is 1. The molecule has 0 saturated heterocycles. The number of Topliss-reactive ketones (excluding diaryl/α,β-unsaturated/α-hetero) is 1. The average molecular weight is 618 g/mol. The Morgan fingerprint density at radius 3 is 2.32 bits per heavy atom. The second-order valence-corrected chi connectivity index (χ2v) is 13.4. The number of aliphatic carboxylic acids is 2. The fraction of sp³-hybridized carbons (Fsp3) is 0.719. The molecule has 4 aliphatic rings. The maximum absolute atomic E-state index is 13.8. The van der Waals surface area contributed by atoms with Crippen LogP contribution in [0.25, 0.3) is 0 Å². The molecule has 3 N–H and O–H groups in total. The number of amides is 1. The summed E-state index contributed by atoms with van der Waals surface area (Å²) in [6, 6.07) is -1.42. The van der Waals surface area contributed by atoms with Gasteiger partial charge in [0.2, 0.25) is 11.7 Å². The van der Waals surface area contributed by atoms with Crippen molar-refractivity contribution in [3.63, 3.8) is 0 Å². The number of hydrogen-bond donors (Lipinski definition) is 3. The van der Waals surface area contributed by atoms with Crippen molar-refractivity contribution in [2.24, 2.45) is 28.6 Å². The van der Waals surface area contributed by atoms with Gasteiger partial charge in [-0.25, -0.2) is 4.79 Å². The van der Waals surface area contributed by atoms with Crippen LogP contribution >= 0.6 is 0 Å². The predicted molar refractivity (Wildman–Crippen MR) is 153 cm³/mol. The van der Waals surface area contributed by atoms with Gasteiger partial charge < -0.3 is 25.0 Å². The van der Waals surface area contributed by atoms with Crippen LogP contribution in [-0.4, -0.2) is 69.8 Å². The van der Waals surface area contributed by atoms with Crippen molar-refractivity contribution in [3.8, 4) is 0 Å². The predicted octanol–water partition coefficient (Wildman–Crippen LogP) is 3.15. The van der Waals surface area contributed by atoms with Crippen LogP contribution in [0.3, 0.4) is 0 Å². The van der Waals surface area contributed by atoms with Gasteiger partial charge in [0.15, 0.2) is 18.0 Å². The lowest BCUT2D eigenvalue weighted by Crippen LogP contribution is -2.59. The summed E-state index contributed by atoms with van der Waals surface area (Å²) in [6.07, 6.45) is 5.82. The van der Waals surface area contributed by atoms with Gasteiger partial charge in [0.1, 0.15) is 6.04 Å². The first kappa shape index (κ1) is 33.3. The van der Waals surface area contributed by atoms with Crippen LogP contribution in [0, 0.1) is 28.6 Å². The first-order valence-corrected chi connectivity index (χ1v) is 15.5. The zero-order valence-electron chi connectivity index (χ0n) is 25.6. The molecule has 3 saturated carbocycles. The Kier molecular flexibility index (Phi) is 9.70. The highest BCUT2D eigenvalue weighted by Gasteiger charge is 2.68. The number of allylic oxidation sites excluding steroid dienone is 1.